The van der Waals surface area contributed by atoms with Gasteiger partial charge in [-0.3, -0.25) is 9.78 Å². The SMILES string of the molecule is COc1ccc(CNC(=O)c2cc(-c3ccncc3)c3cc(Cl)ccc3n2)cc1. The Balaban J connectivity index is 1.66. The fourth-order valence-electron chi connectivity index (χ4n) is 3.10. The van der Waals surface area contributed by atoms with Crippen molar-refractivity contribution in [3.8, 4) is 16.9 Å². The van der Waals surface area contributed by atoms with Gasteiger partial charge in [0.15, 0.2) is 0 Å². The first-order chi connectivity index (χ1) is 14.1. The van der Waals surface area contributed by atoms with Gasteiger partial charge in [-0.25, -0.2) is 4.98 Å². The number of hydrogen-bond donors (Lipinski definition) is 1. The van der Waals surface area contributed by atoms with Crippen LogP contribution in [0, 0.1) is 0 Å². The van der Waals surface area contributed by atoms with Crippen LogP contribution >= 0.6 is 11.6 Å². The zero-order chi connectivity index (χ0) is 20.2. The monoisotopic (exact) mass is 403 g/mol. The van der Waals surface area contributed by atoms with Crippen molar-refractivity contribution in [2.45, 2.75) is 6.54 Å². The number of pyridine rings is 2. The quantitative estimate of drug-likeness (QED) is 0.515. The lowest BCUT2D eigenvalue weighted by Gasteiger charge is -2.11. The molecule has 0 unspecified atom stereocenters. The number of aromatic nitrogens is 2. The highest BCUT2D eigenvalue weighted by Crippen LogP contribution is 2.30. The Hall–Kier alpha value is -3.44. The van der Waals surface area contributed by atoms with Crippen LogP contribution in [0.3, 0.4) is 0 Å². The zero-order valence-electron chi connectivity index (χ0n) is 15.7. The number of methoxy groups -OCH3 is 1. The molecule has 2 aromatic carbocycles. The summed E-state index contributed by atoms with van der Waals surface area (Å²) in [7, 11) is 1.62. The highest BCUT2D eigenvalue weighted by Gasteiger charge is 2.14. The summed E-state index contributed by atoms with van der Waals surface area (Å²) in [5.74, 6) is 0.532. The van der Waals surface area contributed by atoms with Crippen LogP contribution in [0.5, 0.6) is 5.75 Å². The third kappa shape index (κ3) is 4.20. The number of nitrogens with zero attached hydrogens (tertiary/aromatic N) is 2. The number of ether oxygens (including phenoxy) is 1. The van der Waals surface area contributed by atoms with E-state index in [-0.39, 0.29) is 5.91 Å². The van der Waals surface area contributed by atoms with Crippen molar-refractivity contribution in [3.63, 3.8) is 0 Å². The summed E-state index contributed by atoms with van der Waals surface area (Å²) in [6, 6.07) is 18.6. The van der Waals surface area contributed by atoms with Crippen LogP contribution < -0.4 is 10.1 Å². The molecule has 4 aromatic rings. The third-order valence-corrected chi connectivity index (χ3v) is 4.84. The molecule has 0 bridgehead atoms. The molecule has 0 atom stereocenters. The molecule has 144 valence electrons. The minimum atomic E-state index is -0.243. The molecule has 4 rings (SSSR count). The Morgan fingerprint density at radius 3 is 2.52 bits per heavy atom. The second-order valence-corrected chi connectivity index (χ2v) is 6.92. The molecule has 0 aliphatic carbocycles. The molecule has 29 heavy (non-hydrogen) atoms. The molecule has 6 heteroatoms. The standard InChI is InChI=1S/C23H18ClN3O2/c1-29-18-5-2-15(3-6-18)14-26-23(28)22-13-19(16-8-10-25-11-9-16)20-12-17(24)4-7-21(20)27-22/h2-13H,14H2,1H3,(H,26,28). The van der Waals surface area contributed by atoms with Gasteiger partial charge in [0, 0.05) is 29.3 Å². The number of benzene rings is 2. The molecule has 0 radical (unpaired) electrons. The first kappa shape index (κ1) is 18.9. The smallest absolute Gasteiger partial charge is 0.270 e. The van der Waals surface area contributed by atoms with Gasteiger partial charge < -0.3 is 10.1 Å². The van der Waals surface area contributed by atoms with E-state index in [0.717, 1.165) is 27.8 Å². The topological polar surface area (TPSA) is 64.1 Å². The lowest BCUT2D eigenvalue weighted by atomic mass is 10.0. The summed E-state index contributed by atoms with van der Waals surface area (Å²) in [5, 5.41) is 4.43. The van der Waals surface area contributed by atoms with E-state index in [1.165, 1.54) is 0 Å². The maximum Gasteiger partial charge on any atom is 0.270 e. The number of halogens is 1. The molecule has 0 aliphatic rings. The van der Waals surface area contributed by atoms with E-state index in [1.54, 1.807) is 31.6 Å². The normalized spacial score (nSPS) is 10.7. The van der Waals surface area contributed by atoms with Crippen LogP contribution in [0.4, 0.5) is 0 Å². The van der Waals surface area contributed by atoms with Crippen molar-refractivity contribution in [2.24, 2.45) is 0 Å². The van der Waals surface area contributed by atoms with E-state index in [2.05, 4.69) is 15.3 Å². The summed E-state index contributed by atoms with van der Waals surface area (Å²) in [6.07, 6.45) is 3.44. The number of nitrogens with one attached hydrogen (secondary N) is 1. The van der Waals surface area contributed by atoms with Gasteiger partial charge in [-0.1, -0.05) is 23.7 Å². The Bertz CT molecular complexity index is 1160. The Morgan fingerprint density at radius 2 is 1.79 bits per heavy atom. The van der Waals surface area contributed by atoms with Crippen molar-refractivity contribution < 1.29 is 9.53 Å². The van der Waals surface area contributed by atoms with Crippen molar-refractivity contribution in [2.75, 3.05) is 7.11 Å². The molecule has 0 saturated heterocycles. The molecular formula is C23H18ClN3O2. The van der Waals surface area contributed by atoms with Crippen molar-refractivity contribution >= 4 is 28.4 Å². The second-order valence-electron chi connectivity index (χ2n) is 6.48. The number of carbonyl (C=O) groups is 1. The van der Waals surface area contributed by atoms with E-state index in [1.807, 2.05) is 48.5 Å². The van der Waals surface area contributed by atoms with E-state index in [4.69, 9.17) is 16.3 Å². The molecule has 2 heterocycles. The number of hydrogen-bond acceptors (Lipinski definition) is 4. The van der Waals surface area contributed by atoms with Gasteiger partial charge >= 0.3 is 0 Å². The zero-order valence-corrected chi connectivity index (χ0v) is 16.5. The molecule has 5 nitrogen and oxygen atoms in total. The minimum absolute atomic E-state index is 0.243. The van der Waals surface area contributed by atoms with Crippen molar-refractivity contribution in [1.29, 1.82) is 0 Å². The predicted molar refractivity (Wildman–Crippen MR) is 114 cm³/mol. The first-order valence-electron chi connectivity index (χ1n) is 9.06. The average Bonchev–Trinajstić information content (AvgIpc) is 2.77. The van der Waals surface area contributed by atoms with Gasteiger partial charge in [0.05, 0.1) is 12.6 Å². The highest BCUT2D eigenvalue weighted by molar-refractivity contribution is 6.31. The fraction of sp³-hybridized carbons (Fsp3) is 0.0870. The largest absolute Gasteiger partial charge is 0.497 e. The Labute approximate surface area is 173 Å². The first-order valence-corrected chi connectivity index (χ1v) is 9.43. The van der Waals surface area contributed by atoms with Crippen LogP contribution in [-0.4, -0.2) is 23.0 Å². The van der Waals surface area contributed by atoms with Gasteiger partial charge in [0.2, 0.25) is 0 Å². The minimum Gasteiger partial charge on any atom is -0.497 e. The summed E-state index contributed by atoms with van der Waals surface area (Å²) < 4.78 is 5.16. The molecule has 2 aromatic heterocycles. The molecule has 0 fully saturated rings. The number of carbonyl (C=O) groups excluding carboxylic acids is 1. The van der Waals surface area contributed by atoms with E-state index in [9.17, 15) is 4.79 Å². The molecule has 0 saturated carbocycles. The van der Waals surface area contributed by atoms with E-state index < -0.39 is 0 Å². The van der Waals surface area contributed by atoms with Crippen LogP contribution in [0.1, 0.15) is 16.1 Å². The fourth-order valence-corrected chi connectivity index (χ4v) is 3.27. The maximum atomic E-state index is 12.8. The molecular weight excluding hydrogens is 386 g/mol. The van der Waals surface area contributed by atoms with Gasteiger partial charge in [-0.15, -0.1) is 0 Å². The van der Waals surface area contributed by atoms with Crippen LogP contribution in [-0.2, 0) is 6.54 Å². The third-order valence-electron chi connectivity index (χ3n) is 4.61. The van der Waals surface area contributed by atoms with Crippen LogP contribution in [0.25, 0.3) is 22.0 Å². The molecule has 0 aliphatic heterocycles. The summed E-state index contributed by atoms with van der Waals surface area (Å²) in [6.45, 7) is 0.397. The summed E-state index contributed by atoms with van der Waals surface area (Å²) >= 11 is 6.19. The lowest BCUT2D eigenvalue weighted by molar-refractivity contribution is 0.0946. The van der Waals surface area contributed by atoms with Gasteiger partial charge in [-0.2, -0.15) is 0 Å². The number of rotatable bonds is 5. The number of fused-ring (bicyclic) bond motifs is 1. The van der Waals surface area contributed by atoms with E-state index in [0.29, 0.717) is 22.8 Å². The van der Waals surface area contributed by atoms with Gasteiger partial charge in [0.1, 0.15) is 11.4 Å². The highest BCUT2D eigenvalue weighted by atomic mass is 35.5. The van der Waals surface area contributed by atoms with Crippen LogP contribution in [0.2, 0.25) is 5.02 Å². The molecule has 1 amide bonds. The Kier molecular flexibility index (Phi) is 5.40. The number of amides is 1. The van der Waals surface area contributed by atoms with Gasteiger partial charge in [0.25, 0.3) is 5.91 Å². The van der Waals surface area contributed by atoms with Crippen molar-refractivity contribution in [1.82, 2.24) is 15.3 Å². The Morgan fingerprint density at radius 1 is 1.03 bits per heavy atom. The van der Waals surface area contributed by atoms with Crippen molar-refractivity contribution in [3.05, 3.63) is 89.3 Å². The maximum absolute atomic E-state index is 12.8. The summed E-state index contributed by atoms with van der Waals surface area (Å²) in [4.78, 5) is 21.4. The predicted octanol–water partition coefficient (Wildman–Crippen LogP) is 4.89. The second kappa shape index (κ2) is 8.29. The average molecular weight is 404 g/mol. The molecule has 0 spiro atoms. The van der Waals surface area contributed by atoms with Gasteiger partial charge in [-0.05, 0) is 65.2 Å². The summed E-state index contributed by atoms with van der Waals surface area (Å²) in [5.41, 5.74) is 3.85. The van der Waals surface area contributed by atoms with Crippen LogP contribution in [0.15, 0.2) is 73.1 Å². The lowest BCUT2D eigenvalue weighted by Crippen LogP contribution is -2.23. The van der Waals surface area contributed by atoms with E-state index >= 15 is 0 Å². The molecule has 1 N–H and O–H groups in total.